The fourth-order valence-corrected chi connectivity index (χ4v) is 4.10. The van der Waals surface area contributed by atoms with Gasteiger partial charge in [0.2, 0.25) is 0 Å². The monoisotopic (exact) mass is 385 g/mol. The molecule has 132 valence electrons. The standard InChI is InChI=1S/C17H15N5O2S2/c1-11-13(7-8-24-11)15-19-20-16(25-10-14-18-21-17(23)26-14)22(15)9-12-5-3-2-4-6-12/h2-8H,9-10H2,1H3,(H,21,23). The van der Waals surface area contributed by atoms with Crippen LogP contribution in [0.3, 0.4) is 0 Å². The van der Waals surface area contributed by atoms with Gasteiger partial charge >= 0.3 is 4.87 Å². The third-order valence-corrected chi connectivity index (χ3v) is 5.72. The van der Waals surface area contributed by atoms with Crippen molar-refractivity contribution >= 4 is 23.1 Å². The smallest absolute Gasteiger partial charge is 0.322 e. The molecule has 7 nitrogen and oxygen atoms in total. The van der Waals surface area contributed by atoms with E-state index in [4.69, 9.17) is 4.42 Å². The van der Waals surface area contributed by atoms with Gasteiger partial charge in [0, 0.05) is 0 Å². The van der Waals surface area contributed by atoms with Gasteiger partial charge in [-0.05, 0) is 18.6 Å². The number of hydrogen-bond acceptors (Lipinski definition) is 7. The van der Waals surface area contributed by atoms with E-state index in [9.17, 15) is 4.79 Å². The number of aryl methyl sites for hydroxylation is 1. The van der Waals surface area contributed by atoms with E-state index in [-0.39, 0.29) is 4.87 Å². The number of aromatic nitrogens is 5. The van der Waals surface area contributed by atoms with E-state index in [0.29, 0.717) is 12.3 Å². The maximum absolute atomic E-state index is 11.3. The van der Waals surface area contributed by atoms with E-state index in [1.807, 2.05) is 31.2 Å². The zero-order chi connectivity index (χ0) is 17.9. The van der Waals surface area contributed by atoms with Crippen LogP contribution >= 0.6 is 23.1 Å². The van der Waals surface area contributed by atoms with Crippen molar-refractivity contribution in [2.24, 2.45) is 0 Å². The Morgan fingerprint density at radius 2 is 2.08 bits per heavy atom. The van der Waals surface area contributed by atoms with Crippen LogP contribution in [-0.4, -0.2) is 25.0 Å². The van der Waals surface area contributed by atoms with Crippen LogP contribution in [0.5, 0.6) is 0 Å². The molecule has 9 heteroatoms. The highest BCUT2D eigenvalue weighted by atomic mass is 32.2. The lowest BCUT2D eigenvalue weighted by molar-refractivity contribution is 0.534. The number of hydrogen-bond donors (Lipinski definition) is 1. The Morgan fingerprint density at radius 1 is 1.23 bits per heavy atom. The second kappa shape index (κ2) is 7.30. The van der Waals surface area contributed by atoms with Gasteiger partial charge in [0.05, 0.1) is 24.1 Å². The number of nitrogens with zero attached hydrogens (tertiary/aromatic N) is 4. The van der Waals surface area contributed by atoms with E-state index in [0.717, 1.165) is 44.2 Å². The molecule has 0 unspecified atom stereocenters. The Kier molecular flexibility index (Phi) is 4.72. The van der Waals surface area contributed by atoms with Gasteiger partial charge in [0.15, 0.2) is 11.0 Å². The van der Waals surface area contributed by atoms with Gasteiger partial charge in [-0.15, -0.1) is 10.2 Å². The van der Waals surface area contributed by atoms with Crippen molar-refractivity contribution in [1.29, 1.82) is 0 Å². The summed E-state index contributed by atoms with van der Waals surface area (Å²) in [6.07, 6.45) is 1.65. The third kappa shape index (κ3) is 3.49. The van der Waals surface area contributed by atoms with E-state index in [2.05, 4.69) is 37.1 Å². The first kappa shape index (κ1) is 16.8. The minimum Gasteiger partial charge on any atom is -0.469 e. The zero-order valence-electron chi connectivity index (χ0n) is 13.9. The van der Waals surface area contributed by atoms with Crippen LogP contribution in [0.2, 0.25) is 0 Å². The van der Waals surface area contributed by atoms with Crippen LogP contribution in [0, 0.1) is 6.92 Å². The molecule has 3 heterocycles. The average molecular weight is 385 g/mol. The number of thioether (sulfide) groups is 1. The molecule has 0 spiro atoms. The molecule has 0 aliphatic rings. The van der Waals surface area contributed by atoms with Crippen molar-refractivity contribution in [1.82, 2.24) is 25.0 Å². The SMILES string of the molecule is Cc1occc1-c1nnc(SCc2n[nH]c(=O)s2)n1Cc1ccccc1. The highest BCUT2D eigenvalue weighted by molar-refractivity contribution is 7.98. The van der Waals surface area contributed by atoms with E-state index in [1.54, 1.807) is 6.26 Å². The van der Waals surface area contributed by atoms with Gasteiger partial charge in [-0.25, -0.2) is 5.10 Å². The predicted molar refractivity (Wildman–Crippen MR) is 100 cm³/mol. The van der Waals surface area contributed by atoms with E-state index in [1.165, 1.54) is 11.8 Å². The van der Waals surface area contributed by atoms with Crippen LogP contribution in [0.4, 0.5) is 0 Å². The number of rotatable bonds is 6. The number of nitrogens with one attached hydrogen (secondary N) is 1. The molecular weight excluding hydrogens is 370 g/mol. The molecule has 0 amide bonds. The summed E-state index contributed by atoms with van der Waals surface area (Å²) in [5.74, 6) is 2.12. The first-order valence-electron chi connectivity index (χ1n) is 7.89. The van der Waals surface area contributed by atoms with Crippen molar-refractivity contribution in [3.05, 3.63) is 68.7 Å². The molecule has 4 aromatic rings. The average Bonchev–Trinajstić information content (AvgIpc) is 3.35. The molecular formula is C17H15N5O2S2. The summed E-state index contributed by atoms with van der Waals surface area (Å²) >= 11 is 2.61. The lowest BCUT2D eigenvalue weighted by atomic mass is 10.2. The van der Waals surface area contributed by atoms with Crippen molar-refractivity contribution in [3.63, 3.8) is 0 Å². The Labute approximate surface area is 157 Å². The van der Waals surface area contributed by atoms with Crippen LogP contribution < -0.4 is 4.87 Å². The minimum absolute atomic E-state index is 0.152. The molecule has 0 saturated carbocycles. The van der Waals surface area contributed by atoms with Crippen molar-refractivity contribution in [3.8, 4) is 11.4 Å². The minimum atomic E-state index is -0.152. The molecule has 0 aliphatic heterocycles. The quantitative estimate of drug-likeness (QED) is 0.512. The summed E-state index contributed by atoms with van der Waals surface area (Å²) in [5.41, 5.74) is 2.07. The molecule has 0 radical (unpaired) electrons. The molecule has 0 bridgehead atoms. The predicted octanol–water partition coefficient (Wildman–Crippen LogP) is 3.33. The molecule has 0 saturated heterocycles. The summed E-state index contributed by atoms with van der Waals surface area (Å²) in [5, 5.41) is 16.7. The summed E-state index contributed by atoms with van der Waals surface area (Å²) in [4.78, 5) is 11.1. The molecule has 0 fully saturated rings. The van der Waals surface area contributed by atoms with Crippen LogP contribution in [0.15, 0.2) is 57.0 Å². The van der Waals surface area contributed by atoms with Gasteiger partial charge in [-0.1, -0.05) is 53.4 Å². The van der Waals surface area contributed by atoms with Crippen molar-refractivity contribution < 1.29 is 4.42 Å². The van der Waals surface area contributed by atoms with E-state index < -0.39 is 0 Å². The van der Waals surface area contributed by atoms with Crippen LogP contribution in [-0.2, 0) is 12.3 Å². The zero-order valence-corrected chi connectivity index (χ0v) is 15.5. The summed E-state index contributed by atoms with van der Waals surface area (Å²) in [6.45, 7) is 2.55. The maximum atomic E-state index is 11.3. The second-order valence-corrected chi connectivity index (χ2v) is 7.55. The Balaban J connectivity index is 1.67. The van der Waals surface area contributed by atoms with Crippen molar-refractivity contribution in [2.75, 3.05) is 0 Å². The molecule has 0 aliphatic carbocycles. The van der Waals surface area contributed by atoms with Crippen LogP contribution in [0.1, 0.15) is 16.3 Å². The highest BCUT2D eigenvalue weighted by Crippen LogP contribution is 2.29. The van der Waals surface area contributed by atoms with Gasteiger partial charge in [-0.2, -0.15) is 5.10 Å². The number of benzene rings is 1. The molecule has 3 aromatic heterocycles. The lowest BCUT2D eigenvalue weighted by Crippen LogP contribution is -2.04. The van der Waals surface area contributed by atoms with Crippen LogP contribution in [0.25, 0.3) is 11.4 Å². The molecule has 4 rings (SSSR count). The van der Waals surface area contributed by atoms with Gasteiger partial charge in [-0.3, -0.25) is 9.36 Å². The third-order valence-electron chi connectivity index (χ3n) is 3.81. The first-order valence-corrected chi connectivity index (χ1v) is 9.69. The summed E-state index contributed by atoms with van der Waals surface area (Å²) < 4.78 is 7.49. The lowest BCUT2D eigenvalue weighted by Gasteiger charge is -2.09. The summed E-state index contributed by atoms with van der Waals surface area (Å²) in [6, 6.07) is 12.0. The van der Waals surface area contributed by atoms with Gasteiger partial charge in [0.25, 0.3) is 0 Å². The number of H-pyrrole nitrogens is 1. The van der Waals surface area contributed by atoms with Gasteiger partial charge < -0.3 is 4.42 Å². The summed E-state index contributed by atoms with van der Waals surface area (Å²) in [7, 11) is 0. The highest BCUT2D eigenvalue weighted by Gasteiger charge is 2.18. The second-order valence-electron chi connectivity index (χ2n) is 5.56. The molecule has 0 atom stereocenters. The fourth-order valence-electron chi connectivity index (χ4n) is 2.57. The van der Waals surface area contributed by atoms with Gasteiger partial charge in [0.1, 0.15) is 10.8 Å². The number of furan rings is 1. The first-order chi connectivity index (χ1) is 12.7. The Hall–Kier alpha value is -2.65. The van der Waals surface area contributed by atoms with Crippen molar-refractivity contribution in [2.45, 2.75) is 24.4 Å². The largest absolute Gasteiger partial charge is 0.469 e. The molecule has 1 N–H and O–H groups in total. The molecule has 26 heavy (non-hydrogen) atoms. The molecule has 1 aromatic carbocycles. The Bertz CT molecular complexity index is 1060. The fraction of sp³-hybridized carbons (Fsp3) is 0.176. The normalized spacial score (nSPS) is 11.1. The maximum Gasteiger partial charge on any atom is 0.322 e. The number of aromatic amines is 1. The Morgan fingerprint density at radius 3 is 2.77 bits per heavy atom. The van der Waals surface area contributed by atoms with E-state index >= 15 is 0 Å². The topological polar surface area (TPSA) is 89.6 Å².